The molecule has 152 valence electrons. The van der Waals surface area contributed by atoms with Gasteiger partial charge >= 0.3 is 4.87 Å². The molecule has 0 amide bonds. The molecule has 0 atom stereocenters. The quantitative estimate of drug-likeness (QED) is 0.671. The van der Waals surface area contributed by atoms with Crippen molar-refractivity contribution >= 4 is 17.0 Å². The largest absolute Gasteiger partial charge is 0.495 e. The fraction of sp³-hybridized carbons (Fsp3) is 0.318. The lowest BCUT2D eigenvalue weighted by Crippen LogP contribution is -2.47. The fourth-order valence-corrected chi connectivity index (χ4v) is 4.59. The van der Waals surface area contributed by atoms with Crippen LogP contribution in [-0.2, 0) is 6.42 Å². The molecule has 0 bridgehead atoms. The van der Waals surface area contributed by atoms with Crippen molar-refractivity contribution in [1.82, 2.24) is 9.88 Å². The molecule has 0 saturated carbocycles. The normalized spacial score (nSPS) is 14.9. The van der Waals surface area contributed by atoms with Crippen LogP contribution < -0.4 is 14.5 Å². The highest BCUT2D eigenvalue weighted by atomic mass is 32.1. The molecule has 0 aliphatic carbocycles. The lowest BCUT2D eigenvalue weighted by Gasteiger charge is -2.36. The predicted octanol–water partition coefficient (Wildman–Crippen LogP) is 3.62. The number of aromatic nitrogens is 1. The van der Waals surface area contributed by atoms with E-state index in [-0.39, 0.29) is 10.7 Å². The van der Waals surface area contributed by atoms with Gasteiger partial charge in [0.15, 0.2) is 0 Å². The molecule has 2 aromatic carbocycles. The molecule has 1 aromatic heterocycles. The summed E-state index contributed by atoms with van der Waals surface area (Å²) in [5.41, 5.74) is 2.80. The molecule has 29 heavy (non-hydrogen) atoms. The number of piperazine rings is 1. The Kier molecular flexibility index (Phi) is 5.97. The molecule has 1 aliphatic heterocycles. The van der Waals surface area contributed by atoms with Crippen LogP contribution in [0.15, 0.2) is 53.3 Å². The van der Waals surface area contributed by atoms with Gasteiger partial charge in [0.1, 0.15) is 11.6 Å². The number of anilines is 1. The Morgan fingerprint density at radius 1 is 1.07 bits per heavy atom. The second-order valence-electron chi connectivity index (χ2n) is 7.07. The highest BCUT2D eigenvalue weighted by Gasteiger charge is 2.20. The monoisotopic (exact) mass is 413 g/mol. The van der Waals surface area contributed by atoms with E-state index in [9.17, 15) is 9.18 Å². The SMILES string of the molecule is COc1ccccc1N1CCN(CCc2sc(=O)[nH]c2-c2ccc(F)cc2)CC1. The van der Waals surface area contributed by atoms with Crippen LogP contribution in [-0.4, -0.2) is 49.7 Å². The first-order chi connectivity index (χ1) is 14.1. The molecule has 2 heterocycles. The summed E-state index contributed by atoms with van der Waals surface area (Å²) in [6.45, 7) is 4.69. The zero-order chi connectivity index (χ0) is 20.2. The third-order valence-corrected chi connectivity index (χ3v) is 6.25. The Bertz CT molecular complexity index is 1010. The molecule has 0 radical (unpaired) electrons. The van der Waals surface area contributed by atoms with E-state index in [1.54, 1.807) is 19.2 Å². The van der Waals surface area contributed by atoms with E-state index < -0.39 is 0 Å². The number of aromatic amines is 1. The predicted molar refractivity (Wildman–Crippen MR) is 116 cm³/mol. The number of methoxy groups -OCH3 is 1. The third-order valence-electron chi connectivity index (χ3n) is 5.31. The van der Waals surface area contributed by atoms with Crippen molar-refractivity contribution in [3.63, 3.8) is 0 Å². The Labute approximate surface area is 173 Å². The summed E-state index contributed by atoms with van der Waals surface area (Å²) in [5, 5.41) is 0. The minimum absolute atomic E-state index is 0.0692. The molecule has 1 aliphatic rings. The van der Waals surface area contributed by atoms with E-state index in [4.69, 9.17) is 4.74 Å². The van der Waals surface area contributed by atoms with Crippen LogP contribution in [0.1, 0.15) is 4.88 Å². The van der Waals surface area contributed by atoms with E-state index in [1.807, 2.05) is 18.2 Å². The Hall–Kier alpha value is -2.64. The summed E-state index contributed by atoms with van der Waals surface area (Å²) < 4.78 is 18.7. The lowest BCUT2D eigenvalue weighted by atomic mass is 10.1. The average Bonchev–Trinajstić information content (AvgIpc) is 3.13. The minimum Gasteiger partial charge on any atom is -0.495 e. The standard InChI is InChI=1S/C22H24FN3O2S/c1-28-19-5-3-2-4-18(19)26-14-12-25(13-15-26)11-10-20-21(24-22(27)29-20)16-6-8-17(23)9-7-16/h2-9H,10-15H2,1H3,(H,24,27). The Balaban J connectivity index is 1.38. The van der Waals surface area contributed by atoms with Crippen LogP contribution in [0, 0.1) is 5.82 Å². The molecular formula is C22H24FN3O2S. The molecule has 4 rings (SSSR count). The van der Waals surface area contributed by atoms with Gasteiger partial charge in [0.2, 0.25) is 0 Å². The van der Waals surface area contributed by atoms with E-state index >= 15 is 0 Å². The van der Waals surface area contributed by atoms with Gasteiger partial charge in [-0.3, -0.25) is 9.69 Å². The topological polar surface area (TPSA) is 48.6 Å². The second-order valence-corrected chi connectivity index (χ2v) is 8.14. The first-order valence-electron chi connectivity index (χ1n) is 9.72. The zero-order valence-electron chi connectivity index (χ0n) is 16.4. The van der Waals surface area contributed by atoms with E-state index in [1.165, 1.54) is 23.5 Å². The van der Waals surface area contributed by atoms with Gasteiger partial charge in [-0.1, -0.05) is 23.5 Å². The zero-order valence-corrected chi connectivity index (χ0v) is 17.2. The molecule has 1 saturated heterocycles. The Morgan fingerprint density at radius 2 is 1.79 bits per heavy atom. The van der Waals surface area contributed by atoms with Crippen molar-refractivity contribution in [2.75, 3.05) is 44.7 Å². The van der Waals surface area contributed by atoms with Crippen LogP contribution in [0.2, 0.25) is 0 Å². The first-order valence-corrected chi connectivity index (χ1v) is 10.5. The van der Waals surface area contributed by atoms with Gasteiger partial charge in [-0.15, -0.1) is 0 Å². The molecule has 7 heteroatoms. The first kappa shape index (κ1) is 19.7. The molecule has 1 fully saturated rings. The van der Waals surface area contributed by atoms with Crippen LogP contribution in [0.3, 0.4) is 0 Å². The van der Waals surface area contributed by atoms with Crippen LogP contribution in [0.25, 0.3) is 11.3 Å². The summed E-state index contributed by atoms with van der Waals surface area (Å²) >= 11 is 1.25. The van der Waals surface area contributed by atoms with Gasteiger partial charge in [-0.05, 0) is 48.4 Å². The molecule has 3 aromatic rings. The number of halogens is 1. The van der Waals surface area contributed by atoms with Gasteiger partial charge in [0.25, 0.3) is 0 Å². The average molecular weight is 414 g/mol. The number of hydrogen-bond donors (Lipinski definition) is 1. The number of para-hydroxylation sites is 2. The van der Waals surface area contributed by atoms with Crippen LogP contribution >= 0.6 is 11.3 Å². The van der Waals surface area contributed by atoms with Gasteiger partial charge in [-0.25, -0.2) is 4.39 Å². The highest BCUT2D eigenvalue weighted by molar-refractivity contribution is 7.09. The smallest absolute Gasteiger partial charge is 0.305 e. The summed E-state index contributed by atoms with van der Waals surface area (Å²) in [6.07, 6.45) is 0.796. The summed E-state index contributed by atoms with van der Waals surface area (Å²) in [7, 11) is 1.70. The number of thiazole rings is 1. The number of H-pyrrole nitrogens is 1. The molecule has 5 nitrogen and oxygen atoms in total. The second kappa shape index (κ2) is 8.80. The van der Waals surface area contributed by atoms with E-state index in [0.717, 1.165) is 66.7 Å². The number of ether oxygens (including phenoxy) is 1. The van der Waals surface area contributed by atoms with Crippen molar-refractivity contribution in [2.24, 2.45) is 0 Å². The number of hydrogen-bond acceptors (Lipinski definition) is 5. The molecule has 0 unspecified atom stereocenters. The summed E-state index contributed by atoms with van der Waals surface area (Å²) in [6, 6.07) is 14.4. The number of rotatable bonds is 6. The number of nitrogens with zero attached hydrogens (tertiary/aromatic N) is 2. The van der Waals surface area contributed by atoms with E-state index in [0.29, 0.717) is 0 Å². The summed E-state index contributed by atoms with van der Waals surface area (Å²) in [5.74, 6) is 0.628. The highest BCUT2D eigenvalue weighted by Crippen LogP contribution is 2.29. The molecule has 1 N–H and O–H groups in total. The number of benzene rings is 2. The van der Waals surface area contributed by atoms with Crippen LogP contribution in [0.4, 0.5) is 10.1 Å². The third kappa shape index (κ3) is 4.52. The minimum atomic E-state index is -0.277. The molecule has 0 spiro atoms. The van der Waals surface area contributed by atoms with Crippen LogP contribution in [0.5, 0.6) is 5.75 Å². The van der Waals surface area contributed by atoms with Gasteiger partial charge in [0, 0.05) is 37.6 Å². The van der Waals surface area contributed by atoms with Gasteiger partial charge in [0.05, 0.1) is 18.5 Å². The maximum Gasteiger partial charge on any atom is 0.305 e. The van der Waals surface area contributed by atoms with Crippen molar-refractivity contribution in [3.8, 4) is 17.0 Å². The Morgan fingerprint density at radius 3 is 2.52 bits per heavy atom. The lowest BCUT2D eigenvalue weighted by molar-refractivity contribution is 0.260. The molecular weight excluding hydrogens is 389 g/mol. The fourth-order valence-electron chi connectivity index (χ4n) is 3.75. The van der Waals surface area contributed by atoms with Crippen molar-refractivity contribution in [2.45, 2.75) is 6.42 Å². The van der Waals surface area contributed by atoms with Gasteiger partial charge in [-0.2, -0.15) is 0 Å². The van der Waals surface area contributed by atoms with E-state index in [2.05, 4.69) is 20.9 Å². The maximum absolute atomic E-state index is 13.2. The summed E-state index contributed by atoms with van der Waals surface area (Å²) in [4.78, 5) is 20.6. The van der Waals surface area contributed by atoms with Crippen molar-refractivity contribution < 1.29 is 9.13 Å². The van der Waals surface area contributed by atoms with Crippen molar-refractivity contribution in [3.05, 3.63) is 68.9 Å². The van der Waals surface area contributed by atoms with Gasteiger partial charge < -0.3 is 14.6 Å². The number of nitrogens with one attached hydrogen (secondary N) is 1. The maximum atomic E-state index is 13.2. The van der Waals surface area contributed by atoms with Crippen molar-refractivity contribution in [1.29, 1.82) is 0 Å².